The largest absolute Gasteiger partial charge is 0.398 e. The Morgan fingerprint density at radius 2 is 2.04 bits per heavy atom. The van der Waals surface area contributed by atoms with Crippen LogP contribution in [0.3, 0.4) is 0 Å². The summed E-state index contributed by atoms with van der Waals surface area (Å²) in [7, 11) is 0. The molecule has 2 aromatic rings. The highest BCUT2D eigenvalue weighted by Crippen LogP contribution is 2.41. The average Bonchev–Trinajstić information content (AvgIpc) is 2.67. The zero-order valence-corrected chi connectivity index (χ0v) is 14.2. The predicted molar refractivity (Wildman–Crippen MR) is 100 cm³/mol. The quantitative estimate of drug-likeness (QED) is 0.651. The fourth-order valence-corrected chi connectivity index (χ4v) is 4.45. The Hall–Kier alpha value is -2.62. The number of amides is 1. The minimum atomic E-state index is 0.0668. The van der Waals surface area contributed by atoms with E-state index < -0.39 is 0 Å². The van der Waals surface area contributed by atoms with Gasteiger partial charge in [0, 0.05) is 41.5 Å². The van der Waals surface area contributed by atoms with Crippen LogP contribution in [0.25, 0.3) is 0 Å². The second kappa shape index (κ2) is 6.36. The zero-order valence-electron chi connectivity index (χ0n) is 14.2. The first-order valence-corrected chi connectivity index (χ1v) is 8.98. The highest BCUT2D eigenvalue weighted by atomic mass is 16.2. The van der Waals surface area contributed by atoms with Crippen LogP contribution < -0.4 is 5.73 Å². The van der Waals surface area contributed by atoms with Gasteiger partial charge < -0.3 is 16.0 Å². The molecule has 0 saturated carbocycles. The summed E-state index contributed by atoms with van der Waals surface area (Å²) in [6.07, 6.45) is 5.46. The molecule has 25 heavy (non-hydrogen) atoms. The summed E-state index contributed by atoms with van der Waals surface area (Å²) >= 11 is 0. The lowest BCUT2D eigenvalue weighted by Gasteiger charge is -2.45. The Balaban J connectivity index is 1.65. The maximum Gasteiger partial charge on any atom is 0.254 e. The SMILES string of the molecule is N=Cc1cc(C(=O)N2CCCC3c4ccccc4CCC32)ccc1N. The first-order chi connectivity index (χ1) is 12.2. The van der Waals surface area contributed by atoms with Crippen LogP contribution in [-0.2, 0) is 6.42 Å². The molecule has 0 radical (unpaired) electrons. The number of hydrogen-bond donors (Lipinski definition) is 2. The first kappa shape index (κ1) is 15.9. The van der Waals surface area contributed by atoms with Crippen molar-refractivity contribution in [3.05, 3.63) is 64.7 Å². The second-order valence-corrected chi connectivity index (χ2v) is 7.04. The van der Waals surface area contributed by atoms with Crippen LogP contribution in [0.2, 0.25) is 0 Å². The van der Waals surface area contributed by atoms with E-state index in [0.717, 1.165) is 32.2 Å². The highest BCUT2D eigenvalue weighted by molar-refractivity contribution is 5.98. The van der Waals surface area contributed by atoms with Crippen molar-refractivity contribution in [2.24, 2.45) is 0 Å². The number of likely N-dealkylation sites (tertiary alicyclic amines) is 1. The smallest absolute Gasteiger partial charge is 0.254 e. The van der Waals surface area contributed by atoms with E-state index >= 15 is 0 Å². The van der Waals surface area contributed by atoms with Gasteiger partial charge in [0.1, 0.15) is 0 Å². The van der Waals surface area contributed by atoms with E-state index in [0.29, 0.717) is 22.7 Å². The predicted octanol–water partition coefficient (Wildman–Crippen LogP) is 3.60. The number of fused-ring (bicyclic) bond motifs is 3. The summed E-state index contributed by atoms with van der Waals surface area (Å²) in [4.78, 5) is 15.2. The molecule has 1 saturated heterocycles. The van der Waals surface area contributed by atoms with Crippen molar-refractivity contribution in [2.75, 3.05) is 12.3 Å². The van der Waals surface area contributed by atoms with Crippen molar-refractivity contribution in [2.45, 2.75) is 37.6 Å². The van der Waals surface area contributed by atoms with Crippen LogP contribution in [0, 0.1) is 5.41 Å². The number of rotatable bonds is 2. The number of piperidine rings is 1. The van der Waals surface area contributed by atoms with Gasteiger partial charge in [-0.25, -0.2) is 0 Å². The van der Waals surface area contributed by atoms with Crippen LogP contribution in [0.4, 0.5) is 5.69 Å². The lowest BCUT2D eigenvalue weighted by Crippen LogP contribution is -2.49. The molecule has 128 valence electrons. The Labute approximate surface area is 148 Å². The Bertz CT molecular complexity index is 830. The topological polar surface area (TPSA) is 70.2 Å². The third kappa shape index (κ3) is 2.72. The van der Waals surface area contributed by atoms with E-state index in [1.165, 1.54) is 17.3 Å². The third-order valence-corrected chi connectivity index (χ3v) is 5.69. The Kier molecular flexibility index (Phi) is 4.04. The van der Waals surface area contributed by atoms with Gasteiger partial charge in [0.15, 0.2) is 0 Å². The van der Waals surface area contributed by atoms with Gasteiger partial charge >= 0.3 is 0 Å². The summed E-state index contributed by atoms with van der Waals surface area (Å²) in [6, 6.07) is 14.2. The molecule has 1 fully saturated rings. The number of aryl methyl sites for hydroxylation is 1. The summed E-state index contributed by atoms with van der Waals surface area (Å²) in [6.45, 7) is 0.812. The van der Waals surface area contributed by atoms with Gasteiger partial charge in [-0.1, -0.05) is 24.3 Å². The molecule has 2 unspecified atom stereocenters. The van der Waals surface area contributed by atoms with Crippen LogP contribution in [-0.4, -0.2) is 29.6 Å². The Morgan fingerprint density at radius 1 is 1.20 bits per heavy atom. The molecule has 0 aromatic heterocycles. The van der Waals surface area contributed by atoms with Crippen LogP contribution in [0.1, 0.15) is 52.2 Å². The summed E-state index contributed by atoms with van der Waals surface area (Å²) < 4.78 is 0. The molecular weight excluding hydrogens is 310 g/mol. The maximum absolute atomic E-state index is 13.2. The summed E-state index contributed by atoms with van der Waals surface area (Å²) in [5.74, 6) is 0.510. The number of nitrogens with two attached hydrogens (primary N) is 1. The number of nitrogens with zero attached hydrogens (tertiary/aromatic N) is 1. The number of hydrogen-bond acceptors (Lipinski definition) is 3. The van der Waals surface area contributed by atoms with Crippen molar-refractivity contribution < 1.29 is 4.79 Å². The summed E-state index contributed by atoms with van der Waals surface area (Å²) in [5, 5.41) is 7.46. The normalized spacial score (nSPS) is 22.0. The molecule has 2 atom stereocenters. The van der Waals surface area contributed by atoms with Gasteiger partial charge in [0.25, 0.3) is 5.91 Å². The van der Waals surface area contributed by atoms with Gasteiger partial charge in [-0.05, 0) is 55.0 Å². The molecule has 4 rings (SSSR count). The van der Waals surface area contributed by atoms with Gasteiger partial charge in [0.2, 0.25) is 0 Å². The molecule has 4 heteroatoms. The van der Waals surface area contributed by atoms with Crippen LogP contribution in [0.5, 0.6) is 0 Å². The molecule has 3 N–H and O–H groups in total. The lowest BCUT2D eigenvalue weighted by atomic mass is 9.74. The van der Waals surface area contributed by atoms with Gasteiger partial charge in [-0.3, -0.25) is 4.79 Å². The zero-order chi connectivity index (χ0) is 17.4. The minimum absolute atomic E-state index is 0.0668. The average molecular weight is 333 g/mol. The number of benzene rings is 2. The first-order valence-electron chi connectivity index (χ1n) is 8.98. The van der Waals surface area contributed by atoms with E-state index in [9.17, 15) is 4.79 Å². The molecule has 1 amide bonds. The van der Waals surface area contributed by atoms with Crippen molar-refractivity contribution >= 4 is 17.8 Å². The molecule has 1 heterocycles. The number of nitrogen functional groups attached to an aromatic ring is 1. The number of carbonyl (C=O) groups excluding carboxylic acids is 1. The molecule has 2 aromatic carbocycles. The van der Waals surface area contributed by atoms with Gasteiger partial charge in [-0.2, -0.15) is 0 Å². The van der Waals surface area contributed by atoms with Crippen molar-refractivity contribution in [3.63, 3.8) is 0 Å². The Morgan fingerprint density at radius 3 is 2.88 bits per heavy atom. The molecule has 0 bridgehead atoms. The van der Waals surface area contributed by atoms with E-state index in [4.69, 9.17) is 11.1 Å². The monoisotopic (exact) mass is 333 g/mol. The van der Waals surface area contributed by atoms with Gasteiger partial charge in [-0.15, -0.1) is 0 Å². The standard InChI is InChI=1S/C21H23N3O/c22-13-16-12-15(7-9-19(16)23)21(25)24-11-3-6-18-17-5-2-1-4-14(17)8-10-20(18)24/h1-2,4-5,7,9,12-13,18,20,22H,3,6,8,10-11,23H2. The van der Waals surface area contributed by atoms with E-state index in [2.05, 4.69) is 29.2 Å². The molecule has 4 nitrogen and oxygen atoms in total. The molecule has 2 aliphatic rings. The molecule has 1 aliphatic heterocycles. The fourth-order valence-electron chi connectivity index (χ4n) is 4.45. The molecule has 1 aliphatic carbocycles. The van der Waals surface area contributed by atoms with Crippen molar-refractivity contribution in [1.82, 2.24) is 4.90 Å². The molecular formula is C21H23N3O. The maximum atomic E-state index is 13.2. The van der Waals surface area contributed by atoms with Crippen molar-refractivity contribution in [1.29, 1.82) is 5.41 Å². The summed E-state index contributed by atoms with van der Waals surface area (Å²) in [5.41, 5.74) is 10.5. The van der Waals surface area contributed by atoms with E-state index in [1.54, 1.807) is 18.2 Å². The van der Waals surface area contributed by atoms with E-state index in [1.807, 2.05) is 0 Å². The number of nitrogens with one attached hydrogen (secondary N) is 1. The lowest BCUT2D eigenvalue weighted by molar-refractivity contribution is 0.0547. The third-order valence-electron chi connectivity index (χ3n) is 5.69. The van der Waals surface area contributed by atoms with E-state index in [-0.39, 0.29) is 11.9 Å². The van der Waals surface area contributed by atoms with Crippen LogP contribution in [0.15, 0.2) is 42.5 Å². The minimum Gasteiger partial charge on any atom is -0.398 e. The number of anilines is 1. The van der Waals surface area contributed by atoms with Crippen molar-refractivity contribution in [3.8, 4) is 0 Å². The van der Waals surface area contributed by atoms with Gasteiger partial charge in [0.05, 0.1) is 0 Å². The fraction of sp³-hybridized carbons (Fsp3) is 0.333. The van der Waals surface area contributed by atoms with Crippen LogP contribution >= 0.6 is 0 Å². The molecule has 0 spiro atoms. The number of carbonyl (C=O) groups is 1. The second-order valence-electron chi connectivity index (χ2n) is 7.04. The highest BCUT2D eigenvalue weighted by Gasteiger charge is 2.38.